The zero-order valence-electron chi connectivity index (χ0n) is 16.0. The van der Waals surface area contributed by atoms with Gasteiger partial charge in [0.05, 0.1) is 31.1 Å². The minimum absolute atomic E-state index is 0.0594. The fourth-order valence-electron chi connectivity index (χ4n) is 3.09. The third-order valence-corrected chi connectivity index (χ3v) is 4.58. The highest BCUT2D eigenvalue weighted by atomic mass is 19.4. The van der Waals surface area contributed by atoms with Crippen molar-refractivity contribution in [2.24, 2.45) is 0 Å². The van der Waals surface area contributed by atoms with Crippen LogP contribution in [0.25, 0.3) is 11.0 Å². The molecule has 1 N–H and O–H groups in total. The van der Waals surface area contributed by atoms with Gasteiger partial charge in [0.2, 0.25) is 0 Å². The van der Waals surface area contributed by atoms with E-state index in [4.69, 9.17) is 4.42 Å². The Kier molecular flexibility index (Phi) is 5.32. The van der Waals surface area contributed by atoms with E-state index in [1.807, 2.05) is 0 Å². The molecular weight excluding hydrogens is 415 g/mol. The van der Waals surface area contributed by atoms with Crippen molar-refractivity contribution in [3.8, 4) is 0 Å². The van der Waals surface area contributed by atoms with Gasteiger partial charge in [-0.2, -0.15) is 18.3 Å². The minimum atomic E-state index is -4.46. The van der Waals surface area contributed by atoms with Gasteiger partial charge < -0.3 is 9.73 Å². The summed E-state index contributed by atoms with van der Waals surface area (Å²) < 4.78 is 46.4. The maximum Gasteiger partial charge on any atom is 0.416 e. The summed E-state index contributed by atoms with van der Waals surface area (Å²) in [6, 6.07) is 7.92. The Morgan fingerprint density at radius 3 is 2.77 bits per heavy atom. The molecule has 8 nitrogen and oxygen atoms in total. The quantitative estimate of drug-likeness (QED) is 0.507. The third kappa shape index (κ3) is 4.34. The molecule has 3 heterocycles. The van der Waals surface area contributed by atoms with E-state index in [0.29, 0.717) is 11.2 Å². The monoisotopic (exact) mass is 431 g/mol. The molecule has 4 rings (SSSR count). The van der Waals surface area contributed by atoms with Crippen LogP contribution in [0.3, 0.4) is 0 Å². The molecular formula is C20H16F3N5O3. The van der Waals surface area contributed by atoms with Gasteiger partial charge in [0, 0.05) is 6.54 Å². The van der Waals surface area contributed by atoms with E-state index in [0.717, 1.165) is 12.1 Å². The van der Waals surface area contributed by atoms with Crippen molar-refractivity contribution in [1.29, 1.82) is 0 Å². The molecule has 1 amide bonds. The zero-order valence-corrected chi connectivity index (χ0v) is 16.0. The summed E-state index contributed by atoms with van der Waals surface area (Å²) >= 11 is 0. The fraction of sp³-hybridized carbons (Fsp3) is 0.200. The number of halogens is 3. The molecule has 11 heteroatoms. The van der Waals surface area contributed by atoms with E-state index in [1.165, 1.54) is 46.2 Å². The Labute approximate surface area is 172 Å². The molecule has 31 heavy (non-hydrogen) atoms. The maximum absolute atomic E-state index is 12.9. The second kappa shape index (κ2) is 8.09. The third-order valence-electron chi connectivity index (χ3n) is 4.58. The molecule has 1 aromatic carbocycles. The molecule has 0 saturated heterocycles. The van der Waals surface area contributed by atoms with Gasteiger partial charge in [-0.05, 0) is 29.8 Å². The zero-order chi connectivity index (χ0) is 22.0. The second-order valence-electron chi connectivity index (χ2n) is 6.71. The molecule has 0 aliphatic rings. The first-order chi connectivity index (χ1) is 14.8. The first-order valence-corrected chi connectivity index (χ1v) is 9.22. The van der Waals surface area contributed by atoms with Crippen LogP contribution in [0.1, 0.15) is 21.7 Å². The van der Waals surface area contributed by atoms with Gasteiger partial charge in [-0.3, -0.25) is 14.2 Å². The lowest BCUT2D eigenvalue weighted by Crippen LogP contribution is -2.27. The number of hydrogen-bond donors (Lipinski definition) is 1. The van der Waals surface area contributed by atoms with Crippen molar-refractivity contribution in [1.82, 2.24) is 24.6 Å². The molecule has 3 aromatic heterocycles. The standard InChI is InChI=1S/C20H16F3N5O3/c21-20(22,23)14-4-1-3-13(9-14)11-27-12-25-17-15(19(27)30)10-26-28(17)7-6-24-18(29)16-5-2-8-31-16/h1-5,8-10,12H,6-7,11H2,(H,24,29). The van der Waals surface area contributed by atoms with Gasteiger partial charge in [-0.25, -0.2) is 9.67 Å². The van der Waals surface area contributed by atoms with Gasteiger partial charge in [-0.1, -0.05) is 12.1 Å². The number of benzene rings is 1. The number of nitrogens with one attached hydrogen (secondary N) is 1. The van der Waals surface area contributed by atoms with Crippen LogP contribution in [-0.2, 0) is 19.3 Å². The topological polar surface area (TPSA) is 95.0 Å². The molecule has 0 aliphatic carbocycles. The van der Waals surface area contributed by atoms with E-state index in [2.05, 4.69) is 15.4 Å². The lowest BCUT2D eigenvalue weighted by molar-refractivity contribution is -0.137. The molecule has 160 valence electrons. The van der Waals surface area contributed by atoms with Crippen LogP contribution in [0.4, 0.5) is 13.2 Å². The predicted octanol–water partition coefficient (Wildman–Crippen LogP) is 2.68. The number of aromatic nitrogens is 4. The van der Waals surface area contributed by atoms with E-state index in [1.54, 1.807) is 6.07 Å². The number of nitrogens with zero attached hydrogens (tertiary/aromatic N) is 4. The molecule has 0 saturated carbocycles. The highest BCUT2D eigenvalue weighted by Crippen LogP contribution is 2.29. The average molecular weight is 431 g/mol. The Bertz CT molecular complexity index is 1280. The van der Waals surface area contributed by atoms with Crippen molar-refractivity contribution < 1.29 is 22.4 Å². The van der Waals surface area contributed by atoms with Gasteiger partial charge in [0.25, 0.3) is 11.5 Å². The van der Waals surface area contributed by atoms with Crippen LogP contribution in [0, 0.1) is 0 Å². The number of hydrogen-bond acceptors (Lipinski definition) is 5. The normalized spacial score (nSPS) is 11.7. The summed E-state index contributed by atoms with van der Waals surface area (Å²) in [5.74, 6) is -0.196. The molecule has 0 unspecified atom stereocenters. The molecule has 0 spiro atoms. The van der Waals surface area contributed by atoms with E-state index in [9.17, 15) is 22.8 Å². The molecule has 0 atom stereocenters. The predicted molar refractivity (Wildman–Crippen MR) is 103 cm³/mol. The SMILES string of the molecule is O=C(NCCn1ncc2c(=O)n(Cc3cccc(C(F)(F)F)c3)cnc21)c1ccco1. The lowest BCUT2D eigenvalue weighted by Gasteiger charge is -2.10. The number of carbonyl (C=O) groups is 1. The summed E-state index contributed by atoms with van der Waals surface area (Å²) in [6.07, 6.45) is -0.451. The van der Waals surface area contributed by atoms with E-state index < -0.39 is 17.3 Å². The van der Waals surface area contributed by atoms with Crippen LogP contribution >= 0.6 is 0 Å². The molecule has 0 radical (unpaired) electrons. The van der Waals surface area contributed by atoms with Crippen LogP contribution in [-0.4, -0.2) is 31.8 Å². The van der Waals surface area contributed by atoms with Crippen molar-refractivity contribution in [2.45, 2.75) is 19.3 Å². The highest BCUT2D eigenvalue weighted by molar-refractivity contribution is 5.91. The van der Waals surface area contributed by atoms with E-state index >= 15 is 0 Å². The molecule has 4 aromatic rings. The summed E-state index contributed by atoms with van der Waals surface area (Å²) in [5.41, 5.74) is -0.562. The number of carbonyl (C=O) groups excluding carboxylic acids is 1. The van der Waals surface area contributed by atoms with Crippen LogP contribution in [0.15, 0.2) is 64.4 Å². The number of rotatable bonds is 6. The number of fused-ring (bicyclic) bond motifs is 1. The smallest absolute Gasteiger partial charge is 0.416 e. The van der Waals surface area contributed by atoms with Gasteiger partial charge in [-0.15, -0.1) is 0 Å². The molecule has 0 bridgehead atoms. The van der Waals surface area contributed by atoms with E-state index in [-0.39, 0.29) is 36.7 Å². The van der Waals surface area contributed by atoms with Crippen LogP contribution < -0.4 is 10.9 Å². The minimum Gasteiger partial charge on any atom is -0.459 e. The summed E-state index contributed by atoms with van der Waals surface area (Å²) in [6.45, 7) is 0.432. The Morgan fingerprint density at radius 1 is 1.19 bits per heavy atom. The van der Waals surface area contributed by atoms with Gasteiger partial charge >= 0.3 is 6.18 Å². The van der Waals surface area contributed by atoms with Crippen LogP contribution in [0.5, 0.6) is 0 Å². The van der Waals surface area contributed by atoms with Crippen molar-refractivity contribution in [3.05, 3.63) is 82.4 Å². The second-order valence-corrected chi connectivity index (χ2v) is 6.71. The maximum atomic E-state index is 12.9. The molecule has 0 aliphatic heterocycles. The Balaban J connectivity index is 1.49. The van der Waals surface area contributed by atoms with Crippen molar-refractivity contribution in [2.75, 3.05) is 6.54 Å². The van der Waals surface area contributed by atoms with Gasteiger partial charge in [0.15, 0.2) is 11.4 Å². The number of furan rings is 1. The summed E-state index contributed by atoms with van der Waals surface area (Å²) in [7, 11) is 0. The fourth-order valence-corrected chi connectivity index (χ4v) is 3.09. The Morgan fingerprint density at radius 2 is 2.03 bits per heavy atom. The van der Waals surface area contributed by atoms with Crippen molar-refractivity contribution in [3.63, 3.8) is 0 Å². The summed E-state index contributed by atoms with van der Waals surface area (Å²) in [4.78, 5) is 28.8. The highest BCUT2D eigenvalue weighted by Gasteiger charge is 2.30. The Hall–Kier alpha value is -3.89. The first kappa shape index (κ1) is 20.4. The largest absolute Gasteiger partial charge is 0.459 e. The number of amides is 1. The first-order valence-electron chi connectivity index (χ1n) is 9.22. The van der Waals surface area contributed by atoms with Crippen molar-refractivity contribution >= 4 is 16.9 Å². The molecule has 0 fully saturated rings. The summed E-state index contributed by atoms with van der Waals surface area (Å²) in [5, 5.41) is 7.02. The van der Waals surface area contributed by atoms with Crippen LogP contribution in [0.2, 0.25) is 0 Å². The number of alkyl halides is 3. The average Bonchev–Trinajstić information content (AvgIpc) is 3.40. The van der Waals surface area contributed by atoms with Gasteiger partial charge in [0.1, 0.15) is 11.7 Å². The lowest BCUT2D eigenvalue weighted by atomic mass is 10.1.